The molecule has 122 valence electrons. The van der Waals surface area contributed by atoms with Crippen molar-refractivity contribution < 1.29 is 9.53 Å². The molecule has 0 fully saturated rings. The van der Waals surface area contributed by atoms with Gasteiger partial charge < -0.3 is 10.1 Å². The molecule has 6 heteroatoms. The van der Waals surface area contributed by atoms with Crippen molar-refractivity contribution >= 4 is 46.4 Å². The summed E-state index contributed by atoms with van der Waals surface area (Å²) in [7, 11) is 0. The topological polar surface area (TPSA) is 38.3 Å². The molecule has 3 nitrogen and oxygen atoms in total. The number of nitrogens with one attached hydrogen (secondary N) is 1. The van der Waals surface area contributed by atoms with Gasteiger partial charge in [-0.25, -0.2) is 0 Å². The number of anilines is 1. The Kier molecular flexibility index (Phi) is 6.58. The first-order chi connectivity index (χ1) is 11.0. The number of rotatable bonds is 6. The average Bonchev–Trinajstić information content (AvgIpc) is 2.53. The molecule has 0 saturated heterocycles. The van der Waals surface area contributed by atoms with Crippen LogP contribution in [0.1, 0.15) is 30.1 Å². The molecule has 1 amide bonds. The van der Waals surface area contributed by atoms with E-state index in [4.69, 9.17) is 39.5 Å². The second-order valence-corrected chi connectivity index (χ2v) is 6.12. The highest BCUT2D eigenvalue weighted by atomic mass is 35.5. The summed E-state index contributed by atoms with van der Waals surface area (Å²) in [6.45, 7) is 2.64. The van der Waals surface area contributed by atoms with E-state index in [0.717, 1.165) is 12.8 Å². The van der Waals surface area contributed by atoms with Crippen molar-refractivity contribution in [1.82, 2.24) is 0 Å². The van der Waals surface area contributed by atoms with Gasteiger partial charge in [-0.2, -0.15) is 0 Å². The van der Waals surface area contributed by atoms with Gasteiger partial charge in [-0.15, -0.1) is 0 Å². The number of benzene rings is 2. The van der Waals surface area contributed by atoms with Crippen LogP contribution >= 0.6 is 34.8 Å². The van der Waals surface area contributed by atoms with E-state index in [1.807, 2.05) is 6.07 Å². The number of halogens is 3. The minimum Gasteiger partial charge on any atom is -0.493 e. The third-order valence-electron chi connectivity index (χ3n) is 3.15. The monoisotopic (exact) mass is 371 g/mol. The highest BCUT2D eigenvalue weighted by molar-refractivity contribution is 6.44. The molecule has 23 heavy (non-hydrogen) atoms. The molecule has 0 aliphatic carbocycles. The number of carbonyl (C=O) groups excluding carboxylic acids is 1. The zero-order chi connectivity index (χ0) is 16.8. The summed E-state index contributed by atoms with van der Waals surface area (Å²) in [4.78, 5) is 12.5. The van der Waals surface area contributed by atoms with Crippen LogP contribution in [-0.4, -0.2) is 12.5 Å². The second kappa shape index (κ2) is 8.44. The van der Waals surface area contributed by atoms with Crippen molar-refractivity contribution in [2.24, 2.45) is 0 Å². The van der Waals surface area contributed by atoms with Gasteiger partial charge in [-0.3, -0.25) is 4.79 Å². The minimum atomic E-state index is -0.322. The predicted octanol–water partition coefficient (Wildman–Crippen LogP) is 6.08. The molecule has 0 spiro atoms. The molecule has 0 unspecified atom stereocenters. The van der Waals surface area contributed by atoms with Crippen LogP contribution in [0.15, 0.2) is 36.4 Å². The second-order valence-electron chi connectivity index (χ2n) is 4.90. The summed E-state index contributed by atoms with van der Waals surface area (Å²) < 4.78 is 5.67. The lowest BCUT2D eigenvalue weighted by Gasteiger charge is -2.12. The first-order valence-corrected chi connectivity index (χ1v) is 8.34. The number of para-hydroxylation sites is 1. The van der Waals surface area contributed by atoms with E-state index < -0.39 is 0 Å². The Morgan fingerprint density at radius 1 is 1.09 bits per heavy atom. The number of amides is 1. The van der Waals surface area contributed by atoms with Gasteiger partial charge in [0.15, 0.2) is 0 Å². The Morgan fingerprint density at radius 2 is 1.78 bits per heavy atom. The van der Waals surface area contributed by atoms with Crippen molar-refractivity contribution in [3.63, 3.8) is 0 Å². The summed E-state index contributed by atoms with van der Waals surface area (Å²) in [6.07, 6.45) is 1.95. The largest absolute Gasteiger partial charge is 0.493 e. The number of unbranched alkanes of at least 4 members (excludes halogenated alkanes) is 1. The zero-order valence-electron chi connectivity index (χ0n) is 12.5. The van der Waals surface area contributed by atoms with Crippen LogP contribution in [0.3, 0.4) is 0 Å². The molecule has 0 aromatic heterocycles. The standard InChI is InChI=1S/C17H16Cl3NO2/c1-2-3-8-23-16-7-5-4-6-11(16)17(22)21-15-10-13(19)12(18)9-14(15)20/h4-7,9-10H,2-3,8H2,1H3,(H,21,22). The van der Waals surface area contributed by atoms with Gasteiger partial charge >= 0.3 is 0 Å². The molecule has 0 aliphatic heterocycles. The van der Waals surface area contributed by atoms with Crippen LogP contribution in [-0.2, 0) is 0 Å². The quantitative estimate of drug-likeness (QED) is 0.493. The van der Waals surface area contributed by atoms with Crippen LogP contribution in [0.2, 0.25) is 15.1 Å². The fourth-order valence-electron chi connectivity index (χ4n) is 1.91. The molecule has 0 heterocycles. The van der Waals surface area contributed by atoms with Crippen LogP contribution in [0.5, 0.6) is 5.75 Å². The van der Waals surface area contributed by atoms with E-state index in [1.165, 1.54) is 12.1 Å². The summed E-state index contributed by atoms with van der Waals surface area (Å²) in [6, 6.07) is 10.1. The Hall–Kier alpha value is -1.42. The first kappa shape index (κ1) is 17.9. The zero-order valence-corrected chi connectivity index (χ0v) is 14.8. The van der Waals surface area contributed by atoms with Crippen LogP contribution in [0.25, 0.3) is 0 Å². The lowest BCUT2D eigenvalue weighted by molar-refractivity contribution is 0.102. The summed E-state index contributed by atoms with van der Waals surface area (Å²) in [5.74, 6) is 0.215. The molecule has 2 aromatic rings. The Morgan fingerprint density at radius 3 is 2.52 bits per heavy atom. The maximum Gasteiger partial charge on any atom is 0.259 e. The molecule has 0 radical (unpaired) electrons. The predicted molar refractivity (Wildman–Crippen MR) is 96.3 cm³/mol. The lowest BCUT2D eigenvalue weighted by Crippen LogP contribution is -2.14. The fourth-order valence-corrected chi connectivity index (χ4v) is 2.51. The third-order valence-corrected chi connectivity index (χ3v) is 4.18. The van der Waals surface area contributed by atoms with Crippen molar-refractivity contribution in [3.8, 4) is 5.75 Å². The summed E-state index contributed by atoms with van der Waals surface area (Å²) in [5, 5.41) is 3.70. The van der Waals surface area contributed by atoms with E-state index in [-0.39, 0.29) is 5.91 Å². The summed E-state index contributed by atoms with van der Waals surface area (Å²) >= 11 is 17.9. The molecule has 2 aromatic carbocycles. The van der Waals surface area contributed by atoms with Crippen LogP contribution in [0.4, 0.5) is 5.69 Å². The van der Waals surface area contributed by atoms with Crippen LogP contribution in [0, 0.1) is 0 Å². The third kappa shape index (κ3) is 4.77. The van der Waals surface area contributed by atoms with Crippen molar-refractivity contribution in [2.75, 3.05) is 11.9 Å². The number of hydrogen-bond donors (Lipinski definition) is 1. The maximum atomic E-state index is 12.5. The van der Waals surface area contributed by atoms with E-state index in [0.29, 0.717) is 38.7 Å². The van der Waals surface area contributed by atoms with E-state index in [9.17, 15) is 4.79 Å². The average molecular weight is 373 g/mol. The SMILES string of the molecule is CCCCOc1ccccc1C(=O)Nc1cc(Cl)c(Cl)cc1Cl. The van der Waals surface area contributed by atoms with E-state index in [1.54, 1.807) is 18.2 Å². The molecule has 2 rings (SSSR count). The molecule has 1 N–H and O–H groups in total. The lowest BCUT2D eigenvalue weighted by atomic mass is 10.2. The van der Waals surface area contributed by atoms with Gasteiger partial charge in [-0.05, 0) is 30.7 Å². The number of hydrogen-bond acceptors (Lipinski definition) is 2. The number of carbonyl (C=O) groups is 1. The highest BCUT2D eigenvalue weighted by Crippen LogP contribution is 2.33. The molecule has 0 saturated carbocycles. The molecule has 0 atom stereocenters. The first-order valence-electron chi connectivity index (χ1n) is 7.20. The van der Waals surface area contributed by atoms with Crippen molar-refractivity contribution in [1.29, 1.82) is 0 Å². The molecule has 0 aliphatic rings. The van der Waals surface area contributed by atoms with E-state index in [2.05, 4.69) is 12.2 Å². The normalized spacial score (nSPS) is 10.4. The minimum absolute atomic E-state index is 0.317. The van der Waals surface area contributed by atoms with Gasteiger partial charge in [0.1, 0.15) is 5.75 Å². The Labute approximate surface area is 150 Å². The van der Waals surface area contributed by atoms with Gasteiger partial charge in [0.2, 0.25) is 0 Å². The van der Waals surface area contributed by atoms with Gasteiger partial charge in [0.25, 0.3) is 5.91 Å². The van der Waals surface area contributed by atoms with Crippen molar-refractivity contribution in [2.45, 2.75) is 19.8 Å². The van der Waals surface area contributed by atoms with E-state index >= 15 is 0 Å². The van der Waals surface area contributed by atoms with Gasteiger partial charge in [0, 0.05) is 0 Å². The number of ether oxygens (including phenoxy) is 1. The van der Waals surface area contributed by atoms with Crippen molar-refractivity contribution in [3.05, 3.63) is 57.0 Å². The Bertz CT molecular complexity index is 704. The molecular weight excluding hydrogens is 357 g/mol. The smallest absolute Gasteiger partial charge is 0.259 e. The maximum absolute atomic E-state index is 12.5. The fraction of sp³-hybridized carbons (Fsp3) is 0.235. The summed E-state index contributed by atoms with van der Waals surface area (Å²) in [5.41, 5.74) is 0.833. The van der Waals surface area contributed by atoms with Gasteiger partial charge in [-0.1, -0.05) is 60.3 Å². The Balaban J connectivity index is 2.19. The van der Waals surface area contributed by atoms with Crippen LogP contribution < -0.4 is 10.1 Å². The highest BCUT2D eigenvalue weighted by Gasteiger charge is 2.15. The molecular formula is C17H16Cl3NO2. The van der Waals surface area contributed by atoms with Gasteiger partial charge in [0.05, 0.1) is 32.9 Å². The molecule has 0 bridgehead atoms.